The quantitative estimate of drug-likeness (QED) is 0.723. The predicted octanol–water partition coefficient (Wildman–Crippen LogP) is 0.650. The minimum atomic E-state index is -3.79. The van der Waals surface area contributed by atoms with Gasteiger partial charge in [-0.3, -0.25) is 9.52 Å². The van der Waals surface area contributed by atoms with Gasteiger partial charge in [0.05, 0.1) is 5.69 Å². The van der Waals surface area contributed by atoms with Crippen molar-refractivity contribution >= 4 is 27.5 Å². The summed E-state index contributed by atoms with van der Waals surface area (Å²) in [5.74, 6) is -0.146. The van der Waals surface area contributed by atoms with Crippen LogP contribution in [-0.4, -0.2) is 14.3 Å². The van der Waals surface area contributed by atoms with Crippen molar-refractivity contribution in [2.45, 2.75) is 13.3 Å². The Labute approximate surface area is 94.0 Å². The molecular formula is C9H13N3O3S. The first kappa shape index (κ1) is 12.5. The number of amides is 1. The number of carbonyl (C=O) groups is 1. The third kappa shape index (κ3) is 4.28. The molecule has 0 radical (unpaired) electrons. The molecule has 0 saturated carbocycles. The molecular weight excluding hydrogens is 230 g/mol. The summed E-state index contributed by atoms with van der Waals surface area (Å²) in [5.41, 5.74) is 0.817. The Hall–Kier alpha value is -1.60. The van der Waals surface area contributed by atoms with Gasteiger partial charge in [-0.05, 0) is 18.2 Å². The Kier molecular flexibility index (Phi) is 3.86. The number of carbonyl (C=O) groups excluding carboxylic acids is 1. The SMILES string of the molecule is CCC(=O)Nc1cccc(NS(N)(=O)=O)c1. The molecule has 4 N–H and O–H groups in total. The van der Waals surface area contributed by atoms with E-state index in [0.29, 0.717) is 17.8 Å². The van der Waals surface area contributed by atoms with Crippen LogP contribution in [0, 0.1) is 0 Å². The lowest BCUT2D eigenvalue weighted by atomic mass is 10.3. The molecule has 0 aromatic heterocycles. The molecule has 0 aliphatic heterocycles. The van der Waals surface area contributed by atoms with Crippen molar-refractivity contribution in [3.05, 3.63) is 24.3 Å². The highest BCUT2D eigenvalue weighted by molar-refractivity contribution is 7.90. The second-order valence-electron chi connectivity index (χ2n) is 3.13. The number of anilines is 2. The number of hydrogen-bond donors (Lipinski definition) is 3. The van der Waals surface area contributed by atoms with Gasteiger partial charge in [0.15, 0.2) is 0 Å². The molecule has 16 heavy (non-hydrogen) atoms. The molecule has 6 nitrogen and oxygen atoms in total. The molecule has 0 bridgehead atoms. The molecule has 0 spiro atoms. The minimum absolute atomic E-state index is 0.146. The zero-order valence-electron chi connectivity index (χ0n) is 8.73. The van der Waals surface area contributed by atoms with Crippen molar-refractivity contribution in [3.8, 4) is 0 Å². The monoisotopic (exact) mass is 243 g/mol. The maximum Gasteiger partial charge on any atom is 0.296 e. The Morgan fingerprint density at radius 2 is 2.00 bits per heavy atom. The minimum Gasteiger partial charge on any atom is -0.326 e. The zero-order chi connectivity index (χ0) is 12.2. The lowest BCUT2D eigenvalue weighted by Gasteiger charge is -2.07. The van der Waals surface area contributed by atoms with Gasteiger partial charge in [-0.25, -0.2) is 5.14 Å². The molecule has 0 fully saturated rings. The summed E-state index contributed by atoms with van der Waals surface area (Å²) >= 11 is 0. The van der Waals surface area contributed by atoms with Gasteiger partial charge < -0.3 is 5.32 Å². The van der Waals surface area contributed by atoms with Crippen LogP contribution in [0.3, 0.4) is 0 Å². The topological polar surface area (TPSA) is 101 Å². The van der Waals surface area contributed by atoms with Crippen molar-refractivity contribution in [2.75, 3.05) is 10.0 Å². The van der Waals surface area contributed by atoms with Crippen LogP contribution in [0.1, 0.15) is 13.3 Å². The van der Waals surface area contributed by atoms with Crippen molar-refractivity contribution in [1.82, 2.24) is 0 Å². The van der Waals surface area contributed by atoms with E-state index in [1.165, 1.54) is 12.1 Å². The summed E-state index contributed by atoms with van der Waals surface area (Å²) in [7, 11) is -3.79. The maximum absolute atomic E-state index is 11.1. The second-order valence-corrected chi connectivity index (χ2v) is 4.42. The predicted molar refractivity (Wildman–Crippen MR) is 62.1 cm³/mol. The van der Waals surface area contributed by atoms with Crippen LogP contribution in [-0.2, 0) is 15.0 Å². The normalized spacial score (nSPS) is 10.9. The highest BCUT2D eigenvalue weighted by atomic mass is 32.2. The van der Waals surface area contributed by atoms with E-state index in [1.54, 1.807) is 19.1 Å². The van der Waals surface area contributed by atoms with Crippen molar-refractivity contribution in [1.29, 1.82) is 0 Å². The van der Waals surface area contributed by atoms with E-state index in [1.807, 2.05) is 0 Å². The molecule has 0 aliphatic carbocycles. The van der Waals surface area contributed by atoms with Gasteiger partial charge in [0, 0.05) is 12.1 Å². The summed E-state index contributed by atoms with van der Waals surface area (Å²) in [5, 5.41) is 7.42. The average Bonchev–Trinajstić information content (AvgIpc) is 2.15. The first-order chi connectivity index (χ1) is 7.40. The second kappa shape index (κ2) is 4.95. The molecule has 0 atom stereocenters. The standard InChI is InChI=1S/C9H13N3O3S/c1-2-9(13)11-7-4-3-5-8(6-7)12-16(10,14)15/h3-6,12H,2H2,1H3,(H,11,13)(H2,10,14,15). The first-order valence-corrected chi connectivity index (χ1v) is 6.16. The van der Waals surface area contributed by atoms with Crippen LogP contribution in [0.25, 0.3) is 0 Å². The van der Waals surface area contributed by atoms with E-state index in [-0.39, 0.29) is 5.91 Å². The van der Waals surface area contributed by atoms with Gasteiger partial charge in [0.1, 0.15) is 0 Å². The third-order valence-electron chi connectivity index (χ3n) is 1.73. The summed E-state index contributed by atoms with van der Waals surface area (Å²) in [4.78, 5) is 11.1. The van der Waals surface area contributed by atoms with Gasteiger partial charge in [-0.15, -0.1) is 0 Å². The number of nitrogens with one attached hydrogen (secondary N) is 2. The summed E-state index contributed by atoms with van der Waals surface area (Å²) < 4.78 is 23.7. The molecule has 88 valence electrons. The molecule has 1 amide bonds. The van der Waals surface area contributed by atoms with Crippen LogP contribution < -0.4 is 15.2 Å². The largest absolute Gasteiger partial charge is 0.326 e. The van der Waals surface area contributed by atoms with E-state index in [2.05, 4.69) is 10.0 Å². The fraction of sp³-hybridized carbons (Fsp3) is 0.222. The number of benzene rings is 1. The fourth-order valence-electron chi connectivity index (χ4n) is 1.07. The van der Waals surface area contributed by atoms with Crippen LogP contribution in [0.15, 0.2) is 24.3 Å². The Morgan fingerprint density at radius 3 is 2.56 bits per heavy atom. The van der Waals surface area contributed by atoms with Crippen LogP contribution in [0.4, 0.5) is 11.4 Å². The molecule has 1 aromatic carbocycles. The third-order valence-corrected chi connectivity index (χ3v) is 2.25. The van der Waals surface area contributed by atoms with Gasteiger partial charge >= 0.3 is 0 Å². The highest BCUT2D eigenvalue weighted by Crippen LogP contribution is 2.15. The Bertz CT molecular complexity index is 485. The number of nitrogens with two attached hydrogens (primary N) is 1. The van der Waals surface area contributed by atoms with Crippen LogP contribution >= 0.6 is 0 Å². The average molecular weight is 243 g/mol. The smallest absolute Gasteiger partial charge is 0.296 e. The summed E-state index contributed by atoms with van der Waals surface area (Å²) in [6.07, 6.45) is 0.354. The van der Waals surface area contributed by atoms with Gasteiger partial charge in [-0.1, -0.05) is 13.0 Å². The lowest BCUT2D eigenvalue weighted by Crippen LogP contribution is -2.21. The lowest BCUT2D eigenvalue weighted by molar-refractivity contribution is -0.115. The van der Waals surface area contributed by atoms with Gasteiger partial charge in [0.2, 0.25) is 5.91 Å². The Balaban J connectivity index is 2.83. The molecule has 0 unspecified atom stereocenters. The van der Waals surface area contributed by atoms with E-state index >= 15 is 0 Å². The molecule has 0 heterocycles. The van der Waals surface area contributed by atoms with E-state index in [4.69, 9.17) is 5.14 Å². The highest BCUT2D eigenvalue weighted by Gasteiger charge is 2.04. The van der Waals surface area contributed by atoms with Gasteiger partial charge in [0.25, 0.3) is 10.2 Å². The summed E-state index contributed by atoms with van der Waals surface area (Å²) in [6, 6.07) is 6.28. The zero-order valence-corrected chi connectivity index (χ0v) is 9.54. The van der Waals surface area contributed by atoms with Crippen molar-refractivity contribution < 1.29 is 13.2 Å². The molecule has 1 rings (SSSR count). The number of hydrogen-bond acceptors (Lipinski definition) is 3. The van der Waals surface area contributed by atoms with E-state index < -0.39 is 10.2 Å². The van der Waals surface area contributed by atoms with Gasteiger partial charge in [-0.2, -0.15) is 8.42 Å². The molecule has 1 aromatic rings. The molecule has 0 aliphatic rings. The Morgan fingerprint density at radius 1 is 1.38 bits per heavy atom. The van der Waals surface area contributed by atoms with Crippen LogP contribution in [0.2, 0.25) is 0 Å². The number of rotatable bonds is 4. The summed E-state index contributed by atoms with van der Waals surface area (Å²) in [6.45, 7) is 1.72. The van der Waals surface area contributed by atoms with E-state index in [0.717, 1.165) is 0 Å². The van der Waals surface area contributed by atoms with Crippen LogP contribution in [0.5, 0.6) is 0 Å². The molecule has 7 heteroatoms. The molecule has 0 saturated heterocycles. The fourth-order valence-corrected chi connectivity index (χ4v) is 1.53. The van der Waals surface area contributed by atoms with Crippen molar-refractivity contribution in [2.24, 2.45) is 5.14 Å². The maximum atomic E-state index is 11.1. The van der Waals surface area contributed by atoms with Crippen molar-refractivity contribution in [3.63, 3.8) is 0 Å². The van der Waals surface area contributed by atoms with E-state index in [9.17, 15) is 13.2 Å². The first-order valence-electron chi connectivity index (χ1n) is 4.61.